The van der Waals surface area contributed by atoms with E-state index in [9.17, 15) is 9.59 Å². The second kappa shape index (κ2) is 9.29. The number of methoxy groups -OCH3 is 1. The van der Waals surface area contributed by atoms with Crippen LogP contribution in [0.2, 0.25) is 18.1 Å². The summed E-state index contributed by atoms with van der Waals surface area (Å²) in [5, 5.41) is 0.0728. The highest BCUT2D eigenvalue weighted by atomic mass is 28.4. The Hall–Kier alpha value is -1.46. The second-order valence-electron chi connectivity index (χ2n) is 8.02. The first kappa shape index (κ1) is 21.6. The number of ether oxygens (including phenoxy) is 1. The molecule has 5 heteroatoms. The lowest BCUT2D eigenvalue weighted by Crippen LogP contribution is -2.44. The van der Waals surface area contributed by atoms with Crippen LogP contribution in [0.4, 0.5) is 0 Å². The standard InChI is InChI=1S/C20H32O4Si/c1-20(2,3)25(5,6)24-18(14-17(21)15-19(22)23-4)13-12-16-10-8-7-9-11-16/h7-11,18H,12-15H2,1-6H3/t18-/m1/s1. The fraction of sp³-hybridized carbons (Fsp3) is 0.600. The third kappa shape index (κ3) is 7.53. The van der Waals surface area contributed by atoms with Crippen molar-refractivity contribution >= 4 is 20.1 Å². The Balaban J connectivity index is 2.78. The third-order valence-electron chi connectivity index (χ3n) is 4.89. The summed E-state index contributed by atoms with van der Waals surface area (Å²) in [5.41, 5.74) is 1.23. The van der Waals surface area contributed by atoms with E-state index in [0.29, 0.717) is 0 Å². The summed E-state index contributed by atoms with van der Waals surface area (Å²) in [7, 11) is -0.689. The monoisotopic (exact) mass is 364 g/mol. The quantitative estimate of drug-likeness (QED) is 0.367. The van der Waals surface area contributed by atoms with Crippen molar-refractivity contribution in [2.75, 3.05) is 7.11 Å². The molecule has 0 N–H and O–H groups in total. The van der Waals surface area contributed by atoms with E-state index in [1.54, 1.807) is 0 Å². The summed E-state index contributed by atoms with van der Waals surface area (Å²) in [6, 6.07) is 10.2. The van der Waals surface area contributed by atoms with Gasteiger partial charge in [-0.1, -0.05) is 51.1 Å². The maximum atomic E-state index is 12.2. The van der Waals surface area contributed by atoms with Gasteiger partial charge in [-0.15, -0.1) is 0 Å². The van der Waals surface area contributed by atoms with Crippen molar-refractivity contribution in [3.05, 3.63) is 35.9 Å². The molecular weight excluding hydrogens is 332 g/mol. The Morgan fingerprint density at radius 1 is 1.12 bits per heavy atom. The minimum atomic E-state index is -1.99. The molecule has 0 saturated heterocycles. The number of carbonyl (C=O) groups excluding carboxylic acids is 2. The minimum absolute atomic E-state index is 0.0728. The van der Waals surface area contributed by atoms with Crippen LogP contribution >= 0.6 is 0 Å². The molecule has 0 heterocycles. The molecule has 1 aromatic carbocycles. The number of Topliss-reactive ketones (excluding diaryl/α,β-unsaturated/α-hetero) is 1. The Morgan fingerprint density at radius 2 is 1.72 bits per heavy atom. The van der Waals surface area contributed by atoms with E-state index in [0.717, 1.165) is 12.8 Å². The van der Waals surface area contributed by atoms with E-state index in [-0.39, 0.29) is 29.8 Å². The molecule has 0 spiro atoms. The predicted molar refractivity (Wildman–Crippen MR) is 103 cm³/mol. The molecule has 0 aliphatic rings. The van der Waals surface area contributed by atoms with Gasteiger partial charge in [-0.05, 0) is 36.5 Å². The maximum absolute atomic E-state index is 12.2. The summed E-state index contributed by atoms with van der Waals surface area (Å²) >= 11 is 0. The number of rotatable bonds is 9. The molecule has 1 atom stereocenters. The SMILES string of the molecule is COC(=O)CC(=O)C[C@@H](CCc1ccccc1)O[Si](C)(C)C(C)(C)C. The lowest BCUT2D eigenvalue weighted by Gasteiger charge is -2.39. The molecule has 140 valence electrons. The zero-order chi connectivity index (χ0) is 19.1. The average Bonchev–Trinajstić information content (AvgIpc) is 2.52. The molecule has 0 aromatic heterocycles. The van der Waals surface area contributed by atoms with Crippen LogP contribution in [-0.4, -0.2) is 33.3 Å². The van der Waals surface area contributed by atoms with Crippen molar-refractivity contribution < 1.29 is 18.8 Å². The number of aryl methyl sites for hydroxylation is 1. The topological polar surface area (TPSA) is 52.6 Å². The van der Waals surface area contributed by atoms with Crippen LogP contribution in [0.25, 0.3) is 0 Å². The lowest BCUT2D eigenvalue weighted by atomic mass is 10.0. The van der Waals surface area contributed by atoms with E-state index >= 15 is 0 Å². The Labute approximate surface area is 153 Å². The van der Waals surface area contributed by atoms with Gasteiger partial charge in [0.15, 0.2) is 8.32 Å². The number of hydrogen-bond donors (Lipinski definition) is 0. The first-order valence-corrected chi connectivity index (χ1v) is 11.8. The fourth-order valence-corrected chi connectivity index (χ4v) is 3.72. The molecule has 0 unspecified atom stereocenters. The van der Waals surface area contributed by atoms with E-state index in [4.69, 9.17) is 4.43 Å². The summed E-state index contributed by atoms with van der Waals surface area (Å²) in [4.78, 5) is 23.6. The fourth-order valence-electron chi connectivity index (χ4n) is 2.33. The second-order valence-corrected chi connectivity index (χ2v) is 12.8. The van der Waals surface area contributed by atoms with Crippen molar-refractivity contribution in [1.29, 1.82) is 0 Å². The molecule has 0 saturated carbocycles. The van der Waals surface area contributed by atoms with E-state index in [2.05, 4.69) is 50.7 Å². The molecule has 0 radical (unpaired) electrons. The molecule has 0 aliphatic carbocycles. The molecule has 1 rings (SSSR count). The largest absolute Gasteiger partial charge is 0.469 e. The van der Waals surface area contributed by atoms with Crippen molar-refractivity contribution in [2.45, 2.75) is 70.7 Å². The predicted octanol–water partition coefficient (Wildman–Crippen LogP) is 4.53. The van der Waals surface area contributed by atoms with Gasteiger partial charge < -0.3 is 9.16 Å². The molecule has 1 aromatic rings. The molecule has 0 aliphatic heterocycles. The van der Waals surface area contributed by atoms with Crippen molar-refractivity contribution in [3.63, 3.8) is 0 Å². The molecule has 0 amide bonds. The molecular formula is C20H32O4Si. The van der Waals surface area contributed by atoms with Crippen LogP contribution in [0.1, 0.15) is 45.6 Å². The van der Waals surface area contributed by atoms with Gasteiger partial charge in [0.2, 0.25) is 0 Å². The highest BCUT2D eigenvalue weighted by Crippen LogP contribution is 2.38. The van der Waals surface area contributed by atoms with Crippen molar-refractivity contribution in [2.24, 2.45) is 0 Å². The Kier molecular flexibility index (Phi) is 8.02. The van der Waals surface area contributed by atoms with Gasteiger partial charge in [0.25, 0.3) is 0 Å². The Morgan fingerprint density at radius 3 is 2.24 bits per heavy atom. The highest BCUT2D eigenvalue weighted by Gasteiger charge is 2.39. The molecule has 25 heavy (non-hydrogen) atoms. The van der Waals surface area contributed by atoms with Crippen molar-refractivity contribution in [3.8, 4) is 0 Å². The summed E-state index contributed by atoms with van der Waals surface area (Å²) in [5.74, 6) is -0.609. The molecule has 0 fully saturated rings. The smallest absolute Gasteiger partial charge is 0.313 e. The minimum Gasteiger partial charge on any atom is -0.469 e. The van der Waals surface area contributed by atoms with Gasteiger partial charge in [-0.3, -0.25) is 9.59 Å². The number of esters is 1. The average molecular weight is 365 g/mol. The third-order valence-corrected chi connectivity index (χ3v) is 9.42. The zero-order valence-electron chi connectivity index (χ0n) is 16.4. The van der Waals surface area contributed by atoms with Gasteiger partial charge in [-0.2, -0.15) is 0 Å². The van der Waals surface area contributed by atoms with Crippen LogP contribution < -0.4 is 0 Å². The van der Waals surface area contributed by atoms with Crippen LogP contribution in [0.15, 0.2) is 30.3 Å². The summed E-state index contributed by atoms with van der Waals surface area (Å²) in [6.45, 7) is 10.9. The van der Waals surface area contributed by atoms with E-state index in [1.165, 1.54) is 12.7 Å². The summed E-state index contributed by atoms with van der Waals surface area (Å²) < 4.78 is 11.1. The first-order valence-electron chi connectivity index (χ1n) is 8.85. The van der Waals surface area contributed by atoms with E-state index in [1.807, 2.05) is 18.2 Å². The van der Waals surface area contributed by atoms with Crippen LogP contribution in [0, 0.1) is 0 Å². The number of benzene rings is 1. The zero-order valence-corrected chi connectivity index (χ0v) is 17.4. The maximum Gasteiger partial charge on any atom is 0.313 e. The van der Waals surface area contributed by atoms with E-state index < -0.39 is 14.3 Å². The van der Waals surface area contributed by atoms with Gasteiger partial charge in [0, 0.05) is 6.42 Å². The Bertz CT molecular complexity index is 561. The van der Waals surface area contributed by atoms with Gasteiger partial charge >= 0.3 is 5.97 Å². The first-order chi connectivity index (χ1) is 11.5. The van der Waals surface area contributed by atoms with Gasteiger partial charge in [0.05, 0.1) is 13.2 Å². The van der Waals surface area contributed by atoms with Gasteiger partial charge in [0.1, 0.15) is 12.2 Å². The number of carbonyl (C=O) groups is 2. The molecule has 0 bridgehead atoms. The number of hydrogen-bond acceptors (Lipinski definition) is 4. The van der Waals surface area contributed by atoms with Gasteiger partial charge in [-0.25, -0.2) is 0 Å². The molecule has 4 nitrogen and oxygen atoms in total. The lowest BCUT2D eigenvalue weighted by molar-refractivity contribution is -0.143. The normalized spacial score (nSPS) is 13.4. The van der Waals surface area contributed by atoms with Crippen LogP contribution in [0.3, 0.4) is 0 Å². The van der Waals surface area contributed by atoms with Crippen LogP contribution in [-0.2, 0) is 25.2 Å². The highest BCUT2D eigenvalue weighted by molar-refractivity contribution is 6.74. The van der Waals surface area contributed by atoms with Crippen LogP contribution in [0.5, 0.6) is 0 Å². The van der Waals surface area contributed by atoms with Crippen molar-refractivity contribution in [1.82, 2.24) is 0 Å². The number of ketones is 1. The summed E-state index contributed by atoms with van der Waals surface area (Å²) in [6.07, 6.45) is 1.53.